The van der Waals surface area contributed by atoms with Crippen LogP contribution in [0.2, 0.25) is 0 Å². The predicted molar refractivity (Wildman–Crippen MR) is 137 cm³/mol. The number of benzene rings is 1. The van der Waals surface area contributed by atoms with Gasteiger partial charge in [-0.1, -0.05) is 25.3 Å². The van der Waals surface area contributed by atoms with E-state index in [0.29, 0.717) is 25.1 Å². The number of likely N-dealkylation sites (N-methyl/N-ethyl adjacent to an activating group) is 1. The summed E-state index contributed by atoms with van der Waals surface area (Å²) in [6.45, 7) is 9.11. The highest BCUT2D eigenvalue weighted by molar-refractivity contribution is 5.99. The standard InChI is InChI=1S/C26H35N5O5/c1-5-23(33)28-16-19(14-22(32)17(3)27-4)26(36)31-12-8-11-21(31)25(35)29-15-18-9-7-10-20(13-18)30-24(34)6-2/h5-7,9-10,13,17,19,21,27H,1-2,8,11-12,14-16H2,3-4H3,(H,28,33)(H,29,35)(H,30,34)/t17-,19-,21-/m0/s1. The van der Waals surface area contributed by atoms with Crippen molar-refractivity contribution in [1.29, 1.82) is 0 Å². The van der Waals surface area contributed by atoms with Crippen molar-refractivity contribution in [2.45, 2.75) is 44.8 Å². The van der Waals surface area contributed by atoms with Crippen LogP contribution in [0.4, 0.5) is 5.69 Å². The molecule has 1 aromatic rings. The van der Waals surface area contributed by atoms with Crippen molar-refractivity contribution in [2.75, 3.05) is 25.5 Å². The molecule has 1 fully saturated rings. The van der Waals surface area contributed by atoms with Crippen molar-refractivity contribution in [3.05, 3.63) is 55.1 Å². The molecule has 0 saturated carbocycles. The van der Waals surface area contributed by atoms with Gasteiger partial charge in [-0.2, -0.15) is 0 Å². The summed E-state index contributed by atoms with van der Waals surface area (Å²) < 4.78 is 0. The minimum Gasteiger partial charge on any atom is -0.352 e. The molecule has 10 heteroatoms. The second-order valence-corrected chi connectivity index (χ2v) is 8.63. The molecule has 4 N–H and O–H groups in total. The molecule has 0 unspecified atom stereocenters. The maximum Gasteiger partial charge on any atom is 0.247 e. The molecular formula is C26H35N5O5. The summed E-state index contributed by atoms with van der Waals surface area (Å²) in [5, 5.41) is 11.0. The van der Waals surface area contributed by atoms with Gasteiger partial charge in [0.25, 0.3) is 0 Å². The second kappa shape index (κ2) is 13.9. The van der Waals surface area contributed by atoms with Gasteiger partial charge in [0.1, 0.15) is 11.8 Å². The molecule has 1 saturated heterocycles. The van der Waals surface area contributed by atoms with Gasteiger partial charge in [-0.15, -0.1) is 0 Å². The number of carbonyl (C=O) groups is 5. The van der Waals surface area contributed by atoms with E-state index in [2.05, 4.69) is 34.4 Å². The Bertz CT molecular complexity index is 1010. The second-order valence-electron chi connectivity index (χ2n) is 8.63. The Labute approximate surface area is 211 Å². The Kier molecular flexibility index (Phi) is 11.0. The fourth-order valence-corrected chi connectivity index (χ4v) is 3.92. The highest BCUT2D eigenvalue weighted by atomic mass is 16.2. The van der Waals surface area contributed by atoms with Crippen LogP contribution in [0.5, 0.6) is 0 Å². The van der Waals surface area contributed by atoms with E-state index in [0.717, 1.165) is 11.6 Å². The SMILES string of the molecule is C=CC(=O)NC[C@H](CC(=O)[C@H](C)NC)C(=O)N1CCC[C@H]1C(=O)NCc1cccc(NC(=O)C=C)c1. The third-order valence-electron chi connectivity index (χ3n) is 6.11. The number of hydrogen-bond donors (Lipinski definition) is 4. The Morgan fingerprint density at radius 3 is 2.50 bits per heavy atom. The van der Waals surface area contributed by atoms with E-state index in [4.69, 9.17) is 0 Å². The minimum atomic E-state index is -0.796. The molecule has 4 amide bonds. The molecule has 2 rings (SSSR count). The first kappa shape index (κ1) is 28.4. The van der Waals surface area contributed by atoms with E-state index in [1.807, 2.05) is 6.07 Å². The summed E-state index contributed by atoms with van der Waals surface area (Å²) in [6.07, 6.45) is 3.36. The summed E-state index contributed by atoms with van der Waals surface area (Å²) in [5.41, 5.74) is 1.35. The summed E-state index contributed by atoms with van der Waals surface area (Å²) >= 11 is 0. The average molecular weight is 498 g/mol. The Morgan fingerprint density at radius 1 is 1.11 bits per heavy atom. The monoisotopic (exact) mass is 497 g/mol. The van der Waals surface area contributed by atoms with Crippen molar-refractivity contribution in [2.24, 2.45) is 5.92 Å². The molecule has 0 radical (unpaired) electrons. The van der Waals surface area contributed by atoms with Gasteiger partial charge in [0.2, 0.25) is 23.6 Å². The molecule has 0 aliphatic carbocycles. The van der Waals surface area contributed by atoms with E-state index in [1.165, 1.54) is 11.0 Å². The summed E-state index contributed by atoms with van der Waals surface area (Å²) in [5.74, 6) is -2.38. The van der Waals surface area contributed by atoms with Crippen molar-refractivity contribution in [3.63, 3.8) is 0 Å². The van der Waals surface area contributed by atoms with Gasteiger partial charge in [0.05, 0.1) is 12.0 Å². The maximum atomic E-state index is 13.4. The molecule has 10 nitrogen and oxygen atoms in total. The first-order valence-electron chi connectivity index (χ1n) is 11.9. The number of Topliss-reactive ketones (excluding diaryl/α,β-unsaturated/α-hetero) is 1. The number of carbonyl (C=O) groups excluding carboxylic acids is 5. The van der Waals surface area contributed by atoms with Crippen LogP contribution in [-0.2, 0) is 30.5 Å². The maximum absolute atomic E-state index is 13.4. The first-order chi connectivity index (χ1) is 17.2. The molecule has 194 valence electrons. The Morgan fingerprint density at radius 2 is 1.83 bits per heavy atom. The number of likely N-dealkylation sites (tertiary alicyclic amines) is 1. The highest BCUT2D eigenvalue weighted by Gasteiger charge is 2.38. The van der Waals surface area contributed by atoms with Crippen LogP contribution in [0, 0.1) is 5.92 Å². The fourth-order valence-electron chi connectivity index (χ4n) is 3.92. The summed E-state index contributed by atoms with van der Waals surface area (Å²) in [6, 6.07) is 5.93. The van der Waals surface area contributed by atoms with Gasteiger partial charge in [-0.05, 0) is 56.7 Å². The van der Waals surface area contributed by atoms with Crippen LogP contribution in [0.15, 0.2) is 49.6 Å². The molecule has 0 bridgehead atoms. The fraction of sp³-hybridized carbons (Fsp3) is 0.423. The van der Waals surface area contributed by atoms with Crippen LogP contribution in [0.3, 0.4) is 0 Å². The number of amides is 4. The summed E-state index contributed by atoms with van der Waals surface area (Å²) in [7, 11) is 1.66. The van der Waals surface area contributed by atoms with E-state index in [9.17, 15) is 24.0 Å². The third kappa shape index (κ3) is 8.16. The number of rotatable bonds is 13. The van der Waals surface area contributed by atoms with Gasteiger partial charge in [0.15, 0.2) is 0 Å². The van der Waals surface area contributed by atoms with Crippen molar-refractivity contribution < 1.29 is 24.0 Å². The minimum absolute atomic E-state index is 0.0279. The number of hydrogen-bond acceptors (Lipinski definition) is 6. The molecule has 1 aromatic carbocycles. The molecule has 1 heterocycles. The van der Waals surface area contributed by atoms with Crippen LogP contribution in [0.1, 0.15) is 31.7 Å². The van der Waals surface area contributed by atoms with E-state index in [1.54, 1.807) is 32.2 Å². The average Bonchev–Trinajstić information content (AvgIpc) is 3.38. The van der Waals surface area contributed by atoms with Gasteiger partial charge < -0.3 is 26.2 Å². The first-order valence-corrected chi connectivity index (χ1v) is 11.9. The van der Waals surface area contributed by atoms with Gasteiger partial charge >= 0.3 is 0 Å². The molecule has 1 aliphatic rings. The Balaban J connectivity index is 2.07. The molecule has 0 spiro atoms. The predicted octanol–water partition coefficient (Wildman–Crippen LogP) is 0.904. The zero-order valence-corrected chi connectivity index (χ0v) is 20.8. The lowest BCUT2D eigenvalue weighted by Gasteiger charge is -2.28. The zero-order chi connectivity index (χ0) is 26.7. The number of nitrogens with zero attached hydrogens (tertiary/aromatic N) is 1. The molecule has 1 aliphatic heterocycles. The molecule has 36 heavy (non-hydrogen) atoms. The van der Waals surface area contributed by atoms with E-state index in [-0.39, 0.29) is 43.0 Å². The molecule has 0 aromatic heterocycles. The topological polar surface area (TPSA) is 137 Å². The van der Waals surface area contributed by atoms with Gasteiger partial charge in [0, 0.05) is 31.7 Å². The van der Waals surface area contributed by atoms with Crippen LogP contribution in [0.25, 0.3) is 0 Å². The Hall–Kier alpha value is -3.79. The van der Waals surface area contributed by atoms with Crippen LogP contribution in [-0.4, -0.2) is 66.5 Å². The van der Waals surface area contributed by atoms with Crippen molar-refractivity contribution >= 4 is 35.1 Å². The number of nitrogens with one attached hydrogen (secondary N) is 4. The lowest BCUT2D eigenvalue weighted by molar-refractivity contribution is -0.143. The lowest BCUT2D eigenvalue weighted by atomic mass is 9.97. The van der Waals surface area contributed by atoms with Crippen LogP contribution < -0.4 is 21.3 Å². The molecule has 3 atom stereocenters. The number of ketones is 1. The van der Waals surface area contributed by atoms with Crippen molar-refractivity contribution in [1.82, 2.24) is 20.9 Å². The normalized spacial score (nSPS) is 16.4. The third-order valence-corrected chi connectivity index (χ3v) is 6.11. The van der Waals surface area contributed by atoms with E-state index >= 15 is 0 Å². The van der Waals surface area contributed by atoms with Gasteiger partial charge in [-0.25, -0.2) is 0 Å². The lowest BCUT2D eigenvalue weighted by Crippen LogP contribution is -2.50. The summed E-state index contributed by atoms with van der Waals surface area (Å²) in [4.78, 5) is 63.6. The van der Waals surface area contributed by atoms with E-state index < -0.39 is 23.9 Å². The number of anilines is 1. The molecular weight excluding hydrogens is 462 g/mol. The quantitative estimate of drug-likeness (QED) is 0.299. The largest absolute Gasteiger partial charge is 0.352 e. The smallest absolute Gasteiger partial charge is 0.247 e. The van der Waals surface area contributed by atoms with Crippen molar-refractivity contribution in [3.8, 4) is 0 Å². The van der Waals surface area contributed by atoms with Gasteiger partial charge in [-0.3, -0.25) is 24.0 Å². The highest BCUT2D eigenvalue weighted by Crippen LogP contribution is 2.22. The van der Waals surface area contributed by atoms with Crippen LogP contribution >= 0.6 is 0 Å². The zero-order valence-electron chi connectivity index (χ0n) is 20.8.